The molecule has 0 aliphatic heterocycles. The highest BCUT2D eigenvalue weighted by Crippen LogP contribution is 2.19. The van der Waals surface area contributed by atoms with E-state index in [9.17, 15) is 5.11 Å². The fourth-order valence-corrected chi connectivity index (χ4v) is 2.09. The number of hydrogen-bond donors (Lipinski definition) is 2. The average Bonchev–Trinajstić information content (AvgIpc) is 2.77. The first-order chi connectivity index (χ1) is 7.63. The summed E-state index contributed by atoms with van der Waals surface area (Å²) in [6.07, 6.45) is 0.949. The molecule has 1 aromatic rings. The van der Waals surface area contributed by atoms with Crippen molar-refractivity contribution in [1.82, 2.24) is 5.32 Å². The summed E-state index contributed by atoms with van der Waals surface area (Å²) in [6, 6.07) is 5.94. The molecule has 0 aliphatic rings. The van der Waals surface area contributed by atoms with Crippen LogP contribution in [-0.2, 0) is 6.54 Å². The Morgan fingerprint density at radius 3 is 2.81 bits per heavy atom. The molecule has 0 saturated carbocycles. The first kappa shape index (κ1) is 13.2. The van der Waals surface area contributed by atoms with Crippen LogP contribution in [0.15, 0.2) is 12.1 Å². The van der Waals surface area contributed by atoms with Crippen molar-refractivity contribution in [3.63, 3.8) is 0 Å². The first-order valence-corrected chi connectivity index (χ1v) is 6.25. The Morgan fingerprint density at radius 2 is 2.31 bits per heavy atom. The van der Waals surface area contributed by atoms with Crippen LogP contribution in [0.25, 0.3) is 0 Å². The molecule has 1 aromatic heterocycles. The second-order valence-corrected chi connectivity index (χ2v) is 5.47. The lowest BCUT2D eigenvalue weighted by Gasteiger charge is -2.25. The summed E-state index contributed by atoms with van der Waals surface area (Å²) in [4.78, 5) is 1.91. The van der Waals surface area contributed by atoms with Crippen LogP contribution < -0.4 is 5.32 Å². The number of nitriles is 1. The molecule has 1 atom stereocenters. The van der Waals surface area contributed by atoms with Crippen molar-refractivity contribution in [3.8, 4) is 6.07 Å². The maximum absolute atomic E-state index is 9.24. The smallest absolute Gasteiger partial charge is 0.110 e. The predicted octanol–water partition coefficient (Wildman–Crippen LogP) is 2.12. The third-order valence-corrected chi connectivity index (χ3v) is 3.85. The van der Waals surface area contributed by atoms with Gasteiger partial charge in [0.1, 0.15) is 10.9 Å². The molecule has 0 radical (unpaired) electrons. The highest BCUT2D eigenvalue weighted by Gasteiger charge is 2.20. The van der Waals surface area contributed by atoms with Crippen LogP contribution in [0.5, 0.6) is 0 Å². The fraction of sp³-hybridized carbons (Fsp3) is 0.583. The van der Waals surface area contributed by atoms with Crippen molar-refractivity contribution in [2.75, 3.05) is 13.2 Å². The number of hydrogen-bond acceptors (Lipinski definition) is 4. The topological polar surface area (TPSA) is 56.0 Å². The van der Waals surface area contributed by atoms with Crippen LogP contribution in [0, 0.1) is 16.7 Å². The second-order valence-electron chi connectivity index (χ2n) is 4.30. The molecule has 3 nitrogen and oxygen atoms in total. The van der Waals surface area contributed by atoms with Crippen molar-refractivity contribution in [2.24, 2.45) is 5.41 Å². The molecule has 1 unspecified atom stereocenters. The van der Waals surface area contributed by atoms with Gasteiger partial charge in [-0.2, -0.15) is 5.26 Å². The zero-order chi connectivity index (χ0) is 12.0. The Hall–Kier alpha value is -0.890. The van der Waals surface area contributed by atoms with Crippen molar-refractivity contribution < 1.29 is 5.11 Å². The quantitative estimate of drug-likeness (QED) is 0.798. The molecule has 1 heterocycles. The minimum Gasteiger partial charge on any atom is -0.396 e. The fourth-order valence-electron chi connectivity index (χ4n) is 1.31. The summed E-state index contributed by atoms with van der Waals surface area (Å²) in [5, 5.41) is 21.3. The molecule has 0 bridgehead atoms. The molecular formula is C12H18N2OS. The Kier molecular flexibility index (Phi) is 4.94. The van der Waals surface area contributed by atoms with Gasteiger partial charge in [0.25, 0.3) is 0 Å². The van der Waals surface area contributed by atoms with Crippen molar-refractivity contribution in [1.29, 1.82) is 5.26 Å². The van der Waals surface area contributed by atoms with E-state index in [4.69, 9.17) is 5.26 Å². The Labute approximate surface area is 101 Å². The minimum absolute atomic E-state index is 0.0463. The zero-order valence-corrected chi connectivity index (χ0v) is 10.6. The average molecular weight is 238 g/mol. The van der Waals surface area contributed by atoms with Gasteiger partial charge >= 0.3 is 0 Å². The van der Waals surface area contributed by atoms with E-state index in [0.29, 0.717) is 0 Å². The number of rotatable bonds is 6. The number of nitrogens with one attached hydrogen (secondary N) is 1. The highest BCUT2D eigenvalue weighted by molar-refractivity contribution is 7.12. The molecule has 0 aromatic carbocycles. The van der Waals surface area contributed by atoms with Gasteiger partial charge in [0.05, 0.1) is 0 Å². The molecule has 88 valence electrons. The third-order valence-electron chi connectivity index (χ3n) is 2.86. The highest BCUT2D eigenvalue weighted by atomic mass is 32.1. The summed E-state index contributed by atoms with van der Waals surface area (Å²) in [6.45, 7) is 5.90. The maximum Gasteiger partial charge on any atom is 0.110 e. The van der Waals surface area contributed by atoms with Gasteiger partial charge in [-0.25, -0.2) is 0 Å². The monoisotopic (exact) mass is 238 g/mol. The molecule has 0 aliphatic carbocycles. The summed E-state index contributed by atoms with van der Waals surface area (Å²) in [5.74, 6) is 0. The van der Waals surface area contributed by atoms with Gasteiger partial charge in [-0.05, 0) is 18.6 Å². The molecule has 4 heteroatoms. The molecule has 0 amide bonds. The van der Waals surface area contributed by atoms with Crippen LogP contribution >= 0.6 is 11.3 Å². The maximum atomic E-state index is 9.24. The van der Waals surface area contributed by atoms with Crippen LogP contribution in [0.4, 0.5) is 0 Å². The molecule has 1 rings (SSSR count). The minimum atomic E-state index is -0.0463. The number of aliphatic hydroxyl groups excluding tert-OH is 1. The van der Waals surface area contributed by atoms with E-state index in [1.165, 1.54) is 11.3 Å². The normalized spacial score (nSPS) is 14.4. The molecule has 16 heavy (non-hydrogen) atoms. The summed E-state index contributed by atoms with van der Waals surface area (Å²) in [7, 11) is 0. The van der Waals surface area contributed by atoms with Crippen LogP contribution in [0.2, 0.25) is 0 Å². The van der Waals surface area contributed by atoms with E-state index in [2.05, 4.69) is 25.2 Å². The van der Waals surface area contributed by atoms with E-state index < -0.39 is 0 Å². The Balaban J connectivity index is 2.38. The number of thiophene rings is 1. The van der Waals surface area contributed by atoms with E-state index in [1.807, 2.05) is 12.1 Å². The van der Waals surface area contributed by atoms with Gasteiger partial charge in [-0.3, -0.25) is 0 Å². The van der Waals surface area contributed by atoms with Crippen molar-refractivity contribution in [3.05, 3.63) is 21.9 Å². The van der Waals surface area contributed by atoms with Gasteiger partial charge in [0.15, 0.2) is 0 Å². The van der Waals surface area contributed by atoms with Crippen LogP contribution in [0.1, 0.15) is 30.0 Å². The second kappa shape index (κ2) is 6.00. The van der Waals surface area contributed by atoms with E-state index in [-0.39, 0.29) is 12.0 Å². The number of nitrogens with zero attached hydrogens (tertiary/aromatic N) is 1. The summed E-state index contributed by atoms with van der Waals surface area (Å²) >= 11 is 1.51. The molecule has 0 saturated heterocycles. The third kappa shape index (κ3) is 3.60. The van der Waals surface area contributed by atoms with E-state index >= 15 is 0 Å². The lowest BCUT2D eigenvalue weighted by molar-refractivity contribution is 0.135. The van der Waals surface area contributed by atoms with Crippen molar-refractivity contribution in [2.45, 2.75) is 26.8 Å². The van der Waals surface area contributed by atoms with Gasteiger partial charge in [-0.1, -0.05) is 13.8 Å². The molecule has 2 N–H and O–H groups in total. The van der Waals surface area contributed by atoms with Gasteiger partial charge in [0.2, 0.25) is 0 Å². The SMILES string of the molecule is CCC(C)(CO)CNCc1ccc(C#N)s1. The Morgan fingerprint density at radius 1 is 1.56 bits per heavy atom. The van der Waals surface area contributed by atoms with Crippen LogP contribution in [0.3, 0.4) is 0 Å². The van der Waals surface area contributed by atoms with Gasteiger partial charge < -0.3 is 10.4 Å². The largest absolute Gasteiger partial charge is 0.396 e. The van der Waals surface area contributed by atoms with Crippen LogP contribution in [-0.4, -0.2) is 18.3 Å². The summed E-state index contributed by atoms with van der Waals surface area (Å²) in [5.41, 5.74) is -0.0463. The number of aliphatic hydroxyl groups is 1. The zero-order valence-electron chi connectivity index (χ0n) is 9.79. The lowest BCUT2D eigenvalue weighted by atomic mass is 9.89. The first-order valence-electron chi connectivity index (χ1n) is 5.44. The van der Waals surface area contributed by atoms with E-state index in [0.717, 1.165) is 29.3 Å². The van der Waals surface area contributed by atoms with Gasteiger partial charge in [0, 0.05) is 30.0 Å². The lowest BCUT2D eigenvalue weighted by Crippen LogP contribution is -2.33. The summed E-state index contributed by atoms with van der Waals surface area (Å²) < 4.78 is 0. The molecule has 0 spiro atoms. The van der Waals surface area contributed by atoms with Gasteiger partial charge in [-0.15, -0.1) is 11.3 Å². The molecular weight excluding hydrogens is 220 g/mol. The standard InChI is InChI=1S/C12H18N2OS/c1-3-12(2,9-15)8-14-7-11-5-4-10(6-13)16-11/h4-5,14-15H,3,7-9H2,1-2H3. The van der Waals surface area contributed by atoms with E-state index in [1.54, 1.807) is 0 Å². The predicted molar refractivity (Wildman–Crippen MR) is 66.2 cm³/mol. The van der Waals surface area contributed by atoms with Crippen molar-refractivity contribution >= 4 is 11.3 Å². The Bertz CT molecular complexity index is 363. The molecule has 0 fully saturated rings.